The molecule has 98 valence electrons. The van der Waals surface area contributed by atoms with Crippen molar-refractivity contribution >= 4 is 11.5 Å². The zero-order chi connectivity index (χ0) is 12.8. The molecular weight excluding hydrogens is 231 g/mol. The van der Waals surface area contributed by atoms with Gasteiger partial charge in [0, 0.05) is 24.7 Å². The van der Waals surface area contributed by atoms with E-state index >= 15 is 0 Å². The average molecular weight is 250 g/mol. The number of aliphatic imine (C=N–C) groups is 1. The summed E-state index contributed by atoms with van der Waals surface area (Å²) in [5, 5.41) is 3.19. The number of hydrogen-bond acceptors (Lipinski definition) is 3. The Bertz CT molecular complexity index is 432. The lowest BCUT2D eigenvalue weighted by molar-refractivity contribution is 0.321. The fourth-order valence-electron chi connectivity index (χ4n) is 1.99. The molecule has 0 aromatic heterocycles. The van der Waals surface area contributed by atoms with E-state index in [9.17, 15) is 4.39 Å². The van der Waals surface area contributed by atoms with Gasteiger partial charge in [-0.2, -0.15) is 0 Å². The highest BCUT2D eigenvalue weighted by atomic mass is 19.1. The maximum atomic E-state index is 13.7. The SMILES string of the molecule is CCOc1ccc(NC2=NCCCCC2)cc1F. The normalized spacial score (nSPS) is 15.8. The number of anilines is 1. The summed E-state index contributed by atoms with van der Waals surface area (Å²) in [4.78, 5) is 4.46. The quantitative estimate of drug-likeness (QED) is 0.889. The van der Waals surface area contributed by atoms with Gasteiger partial charge >= 0.3 is 0 Å². The highest BCUT2D eigenvalue weighted by Gasteiger charge is 2.07. The lowest BCUT2D eigenvalue weighted by atomic mass is 10.2. The van der Waals surface area contributed by atoms with Gasteiger partial charge in [0.25, 0.3) is 0 Å². The van der Waals surface area contributed by atoms with E-state index in [1.807, 2.05) is 13.0 Å². The molecule has 2 rings (SSSR count). The first kappa shape index (κ1) is 12.9. The summed E-state index contributed by atoms with van der Waals surface area (Å²) in [7, 11) is 0. The van der Waals surface area contributed by atoms with E-state index in [2.05, 4.69) is 10.3 Å². The molecule has 4 heteroatoms. The molecule has 1 aromatic carbocycles. The Morgan fingerprint density at radius 2 is 2.22 bits per heavy atom. The molecular formula is C14H19FN2O. The van der Waals surface area contributed by atoms with Gasteiger partial charge in [0.05, 0.1) is 6.61 Å². The average Bonchev–Trinajstić information content (AvgIpc) is 2.61. The van der Waals surface area contributed by atoms with Gasteiger partial charge in [0.1, 0.15) is 5.84 Å². The molecule has 3 nitrogen and oxygen atoms in total. The summed E-state index contributed by atoms with van der Waals surface area (Å²) in [5.74, 6) is 0.915. The van der Waals surface area contributed by atoms with Crippen LogP contribution in [0.3, 0.4) is 0 Å². The van der Waals surface area contributed by atoms with Gasteiger partial charge in [-0.3, -0.25) is 4.99 Å². The second kappa shape index (κ2) is 6.38. The van der Waals surface area contributed by atoms with Crippen molar-refractivity contribution in [3.05, 3.63) is 24.0 Å². The molecule has 0 saturated carbocycles. The zero-order valence-corrected chi connectivity index (χ0v) is 10.7. The van der Waals surface area contributed by atoms with Crippen molar-refractivity contribution in [3.8, 4) is 5.75 Å². The van der Waals surface area contributed by atoms with Crippen molar-refractivity contribution < 1.29 is 9.13 Å². The largest absolute Gasteiger partial charge is 0.491 e. The lowest BCUT2D eigenvalue weighted by Crippen LogP contribution is -2.11. The van der Waals surface area contributed by atoms with Crippen LogP contribution in [0.15, 0.2) is 23.2 Å². The number of benzene rings is 1. The van der Waals surface area contributed by atoms with Crippen molar-refractivity contribution in [1.82, 2.24) is 0 Å². The molecule has 0 radical (unpaired) electrons. The monoisotopic (exact) mass is 250 g/mol. The van der Waals surface area contributed by atoms with Crippen molar-refractivity contribution in [1.29, 1.82) is 0 Å². The van der Waals surface area contributed by atoms with Crippen molar-refractivity contribution in [3.63, 3.8) is 0 Å². The molecule has 0 aliphatic carbocycles. The first-order valence-corrected chi connectivity index (χ1v) is 6.52. The highest BCUT2D eigenvalue weighted by molar-refractivity contribution is 5.95. The van der Waals surface area contributed by atoms with Crippen LogP contribution in [0.4, 0.5) is 10.1 Å². The second-order valence-corrected chi connectivity index (χ2v) is 4.34. The predicted octanol–water partition coefficient (Wildman–Crippen LogP) is 3.61. The standard InChI is InChI=1S/C14H19FN2O/c1-2-18-13-8-7-11(10-12(13)15)17-14-6-4-3-5-9-16-14/h7-8,10H,2-6,9H2,1H3,(H,16,17). The fourth-order valence-corrected chi connectivity index (χ4v) is 1.99. The van der Waals surface area contributed by atoms with Gasteiger partial charge in [-0.1, -0.05) is 6.42 Å². The lowest BCUT2D eigenvalue weighted by Gasteiger charge is -2.10. The molecule has 0 spiro atoms. The van der Waals surface area contributed by atoms with Crippen LogP contribution in [-0.2, 0) is 0 Å². The van der Waals surface area contributed by atoms with Gasteiger partial charge < -0.3 is 10.1 Å². The summed E-state index contributed by atoms with van der Waals surface area (Å²) >= 11 is 0. The van der Waals surface area contributed by atoms with Crippen molar-refractivity contribution in [2.45, 2.75) is 32.6 Å². The first-order valence-electron chi connectivity index (χ1n) is 6.52. The number of nitrogens with zero attached hydrogens (tertiary/aromatic N) is 1. The van der Waals surface area contributed by atoms with E-state index in [-0.39, 0.29) is 5.82 Å². The van der Waals surface area contributed by atoms with E-state index < -0.39 is 0 Å². The van der Waals surface area contributed by atoms with E-state index in [1.165, 1.54) is 12.5 Å². The van der Waals surface area contributed by atoms with Crippen LogP contribution in [0.5, 0.6) is 5.75 Å². The molecule has 0 atom stereocenters. The van der Waals surface area contributed by atoms with E-state index in [4.69, 9.17) is 4.74 Å². The number of hydrogen-bond donors (Lipinski definition) is 1. The smallest absolute Gasteiger partial charge is 0.167 e. The summed E-state index contributed by atoms with van der Waals surface area (Å²) in [6.07, 6.45) is 4.44. The summed E-state index contributed by atoms with van der Waals surface area (Å²) in [5.41, 5.74) is 0.733. The minimum atomic E-state index is -0.337. The summed E-state index contributed by atoms with van der Waals surface area (Å²) in [6.45, 7) is 3.17. The predicted molar refractivity (Wildman–Crippen MR) is 72.0 cm³/mol. The molecule has 1 aliphatic rings. The highest BCUT2D eigenvalue weighted by Crippen LogP contribution is 2.21. The fraction of sp³-hybridized carbons (Fsp3) is 0.500. The molecule has 0 amide bonds. The molecule has 1 heterocycles. The Labute approximate surface area is 107 Å². The molecule has 1 N–H and O–H groups in total. The van der Waals surface area contributed by atoms with Crippen LogP contribution in [-0.4, -0.2) is 19.0 Å². The maximum Gasteiger partial charge on any atom is 0.167 e. The summed E-state index contributed by atoms with van der Waals surface area (Å²) < 4.78 is 18.8. The molecule has 1 aliphatic heterocycles. The number of ether oxygens (including phenoxy) is 1. The molecule has 0 unspecified atom stereocenters. The van der Waals surface area contributed by atoms with Crippen LogP contribution in [0.2, 0.25) is 0 Å². The number of amidine groups is 1. The molecule has 1 aromatic rings. The number of halogens is 1. The minimum Gasteiger partial charge on any atom is -0.491 e. The van der Waals surface area contributed by atoms with Gasteiger partial charge in [-0.05, 0) is 31.9 Å². The van der Waals surface area contributed by atoms with E-state index in [1.54, 1.807) is 6.07 Å². The van der Waals surface area contributed by atoms with Gasteiger partial charge in [-0.25, -0.2) is 4.39 Å². The van der Waals surface area contributed by atoms with Crippen molar-refractivity contribution in [2.24, 2.45) is 4.99 Å². The molecule has 0 saturated heterocycles. The second-order valence-electron chi connectivity index (χ2n) is 4.34. The number of nitrogens with one attached hydrogen (secondary N) is 1. The third-order valence-corrected chi connectivity index (χ3v) is 2.89. The Balaban J connectivity index is 2.05. The van der Waals surface area contributed by atoms with Crippen LogP contribution < -0.4 is 10.1 Å². The van der Waals surface area contributed by atoms with Crippen LogP contribution in [0.1, 0.15) is 32.6 Å². The van der Waals surface area contributed by atoms with E-state index in [0.717, 1.165) is 37.3 Å². The maximum absolute atomic E-state index is 13.7. The Morgan fingerprint density at radius 1 is 1.33 bits per heavy atom. The van der Waals surface area contributed by atoms with Crippen molar-refractivity contribution in [2.75, 3.05) is 18.5 Å². The van der Waals surface area contributed by atoms with Gasteiger partial charge in [0.2, 0.25) is 0 Å². The van der Waals surface area contributed by atoms with Crippen LogP contribution in [0.25, 0.3) is 0 Å². The van der Waals surface area contributed by atoms with Crippen LogP contribution >= 0.6 is 0 Å². The van der Waals surface area contributed by atoms with E-state index in [0.29, 0.717) is 12.4 Å². The van der Waals surface area contributed by atoms with Gasteiger partial charge in [0.15, 0.2) is 11.6 Å². The van der Waals surface area contributed by atoms with Crippen LogP contribution in [0, 0.1) is 5.82 Å². The molecule has 18 heavy (non-hydrogen) atoms. The molecule has 0 fully saturated rings. The third kappa shape index (κ3) is 3.45. The Morgan fingerprint density at radius 3 is 3.00 bits per heavy atom. The minimum absolute atomic E-state index is 0.297. The summed E-state index contributed by atoms with van der Waals surface area (Å²) in [6, 6.07) is 4.93. The molecule has 0 bridgehead atoms. The zero-order valence-electron chi connectivity index (χ0n) is 10.7. The Hall–Kier alpha value is -1.58. The first-order chi connectivity index (χ1) is 8.79. The number of rotatable bonds is 3. The Kier molecular flexibility index (Phi) is 4.56. The third-order valence-electron chi connectivity index (χ3n) is 2.89. The topological polar surface area (TPSA) is 33.6 Å². The van der Waals surface area contributed by atoms with Gasteiger partial charge in [-0.15, -0.1) is 0 Å².